The van der Waals surface area contributed by atoms with Crippen molar-refractivity contribution in [3.8, 4) is 0 Å². The Morgan fingerprint density at radius 2 is 1.85 bits per heavy atom. The summed E-state index contributed by atoms with van der Waals surface area (Å²) in [7, 11) is 0. The molecule has 1 saturated heterocycles. The van der Waals surface area contributed by atoms with Crippen LogP contribution in [0.3, 0.4) is 0 Å². The summed E-state index contributed by atoms with van der Waals surface area (Å²) in [6, 6.07) is 7.31. The number of piperazine rings is 1. The van der Waals surface area contributed by atoms with Gasteiger partial charge in [0.05, 0.1) is 29.3 Å². The van der Waals surface area contributed by atoms with Crippen molar-refractivity contribution in [3.63, 3.8) is 0 Å². The first-order valence-electron chi connectivity index (χ1n) is 8.30. The van der Waals surface area contributed by atoms with Crippen LogP contribution in [0.1, 0.15) is 5.82 Å². The van der Waals surface area contributed by atoms with Crippen molar-refractivity contribution in [1.82, 2.24) is 25.1 Å². The summed E-state index contributed by atoms with van der Waals surface area (Å²) in [4.78, 5) is 35.4. The lowest BCUT2D eigenvalue weighted by Crippen LogP contribution is -2.46. The fourth-order valence-corrected chi connectivity index (χ4v) is 3.37. The fraction of sp³-hybridized carbons (Fsp3) is 0.294. The third-order valence-corrected chi connectivity index (χ3v) is 4.89. The van der Waals surface area contributed by atoms with Crippen molar-refractivity contribution in [2.75, 3.05) is 31.1 Å². The van der Waals surface area contributed by atoms with Crippen LogP contribution in [0.15, 0.2) is 40.1 Å². The molecule has 0 radical (unpaired) electrons. The zero-order chi connectivity index (χ0) is 18.1. The number of aromatic amines is 2. The number of H-pyrrole nitrogens is 2. The summed E-state index contributed by atoms with van der Waals surface area (Å²) in [5.74, 6) is 0.651. The lowest BCUT2D eigenvalue weighted by Gasteiger charge is -2.35. The second-order valence-electron chi connectivity index (χ2n) is 6.19. The van der Waals surface area contributed by atoms with Crippen LogP contribution < -0.4 is 16.0 Å². The van der Waals surface area contributed by atoms with Crippen LogP contribution in [0.2, 0.25) is 5.02 Å². The molecule has 134 valence electrons. The first kappa shape index (κ1) is 16.7. The predicted octanol–water partition coefficient (Wildman–Crippen LogP) is 0.982. The summed E-state index contributed by atoms with van der Waals surface area (Å²) in [5, 5.41) is 6.90. The summed E-state index contributed by atoms with van der Waals surface area (Å²) >= 11 is 6.08. The van der Waals surface area contributed by atoms with E-state index in [1.807, 2.05) is 23.1 Å². The summed E-state index contributed by atoms with van der Waals surface area (Å²) in [5.41, 5.74) is 0.841. The summed E-state index contributed by atoms with van der Waals surface area (Å²) < 4.78 is 0. The number of nitrogens with one attached hydrogen (secondary N) is 2. The fourth-order valence-electron chi connectivity index (χ4n) is 3.16. The molecule has 3 heterocycles. The van der Waals surface area contributed by atoms with E-state index in [-0.39, 0.29) is 16.1 Å². The van der Waals surface area contributed by atoms with Crippen molar-refractivity contribution in [2.45, 2.75) is 6.54 Å². The topological polar surface area (TPSA) is 98.0 Å². The van der Waals surface area contributed by atoms with Gasteiger partial charge in [-0.15, -0.1) is 0 Å². The van der Waals surface area contributed by atoms with E-state index in [1.165, 1.54) is 0 Å². The van der Waals surface area contributed by atoms with E-state index in [0.29, 0.717) is 42.0 Å². The molecule has 3 aromatic rings. The molecular weight excluding hydrogens is 356 g/mol. The van der Waals surface area contributed by atoms with Gasteiger partial charge in [-0.2, -0.15) is 5.10 Å². The van der Waals surface area contributed by atoms with Gasteiger partial charge in [-0.3, -0.25) is 14.5 Å². The Kier molecular flexibility index (Phi) is 4.44. The van der Waals surface area contributed by atoms with Crippen LogP contribution in [0.5, 0.6) is 0 Å². The van der Waals surface area contributed by atoms with Gasteiger partial charge in [-0.05, 0) is 12.1 Å². The zero-order valence-corrected chi connectivity index (χ0v) is 14.7. The van der Waals surface area contributed by atoms with Crippen LogP contribution in [0.4, 0.5) is 5.69 Å². The highest BCUT2D eigenvalue weighted by atomic mass is 35.5. The second-order valence-corrected chi connectivity index (χ2v) is 6.57. The molecule has 0 saturated carbocycles. The maximum Gasteiger partial charge on any atom is 0.285 e. The number of benzene rings is 1. The number of fused-ring (bicyclic) bond motifs is 1. The van der Waals surface area contributed by atoms with Crippen molar-refractivity contribution in [2.24, 2.45) is 0 Å². The van der Waals surface area contributed by atoms with E-state index in [1.54, 1.807) is 12.3 Å². The Labute approximate surface area is 153 Å². The lowest BCUT2D eigenvalue weighted by molar-refractivity contribution is 0.244. The number of aromatic nitrogens is 4. The van der Waals surface area contributed by atoms with Gasteiger partial charge in [0.15, 0.2) is 0 Å². The van der Waals surface area contributed by atoms with Crippen molar-refractivity contribution in [1.29, 1.82) is 0 Å². The molecule has 4 rings (SSSR count). The zero-order valence-electron chi connectivity index (χ0n) is 13.9. The first-order chi connectivity index (χ1) is 12.6. The third-order valence-electron chi connectivity index (χ3n) is 4.53. The quantitative estimate of drug-likeness (QED) is 0.711. The van der Waals surface area contributed by atoms with E-state index >= 15 is 0 Å². The molecule has 1 aromatic carbocycles. The van der Waals surface area contributed by atoms with Crippen molar-refractivity contribution in [3.05, 3.63) is 62.0 Å². The van der Waals surface area contributed by atoms with Crippen LogP contribution in [-0.2, 0) is 6.54 Å². The number of anilines is 1. The second kappa shape index (κ2) is 6.89. The minimum atomic E-state index is -0.385. The van der Waals surface area contributed by atoms with Crippen LogP contribution >= 0.6 is 11.6 Å². The molecule has 0 unspecified atom stereocenters. The average molecular weight is 373 g/mol. The number of para-hydroxylation sites is 1. The van der Waals surface area contributed by atoms with Crippen molar-refractivity contribution >= 4 is 28.2 Å². The molecule has 26 heavy (non-hydrogen) atoms. The minimum absolute atomic E-state index is 0.120. The van der Waals surface area contributed by atoms with E-state index in [2.05, 4.69) is 25.1 Å². The highest BCUT2D eigenvalue weighted by Crippen LogP contribution is 2.22. The van der Waals surface area contributed by atoms with E-state index in [9.17, 15) is 9.59 Å². The predicted molar refractivity (Wildman–Crippen MR) is 99.7 cm³/mol. The molecular formula is C17H17ClN6O2. The molecule has 1 fully saturated rings. The number of halogens is 1. The number of nitrogens with zero attached hydrogens (tertiary/aromatic N) is 4. The van der Waals surface area contributed by atoms with E-state index < -0.39 is 0 Å². The molecule has 0 aliphatic carbocycles. The molecule has 0 amide bonds. The molecule has 1 aliphatic heterocycles. The molecule has 2 N–H and O–H groups in total. The molecule has 8 nitrogen and oxygen atoms in total. The maximum atomic E-state index is 12.2. The first-order valence-corrected chi connectivity index (χ1v) is 8.68. The van der Waals surface area contributed by atoms with Gasteiger partial charge >= 0.3 is 0 Å². The summed E-state index contributed by atoms with van der Waals surface area (Å²) in [6.45, 7) is 3.51. The number of hydrogen-bond acceptors (Lipinski definition) is 6. The van der Waals surface area contributed by atoms with Gasteiger partial charge in [0.2, 0.25) is 0 Å². The van der Waals surface area contributed by atoms with E-state index in [4.69, 9.17) is 11.6 Å². The van der Waals surface area contributed by atoms with Crippen LogP contribution in [-0.4, -0.2) is 51.2 Å². The average Bonchev–Trinajstić information content (AvgIpc) is 2.65. The Morgan fingerprint density at radius 1 is 1.08 bits per heavy atom. The van der Waals surface area contributed by atoms with Gasteiger partial charge < -0.3 is 9.88 Å². The standard InChI is InChI=1S/C17H17ClN6O2/c18-15-13(9-19-22-17(15)26)24-7-5-23(6-8-24)10-14-20-12-4-2-1-3-11(12)16(25)21-14/h1-4,9H,5-8,10H2,(H,22,26)(H,20,21,25). The van der Waals surface area contributed by atoms with Crippen LogP contribution in [0, 0.1) is 0 Å². The van der Waals surface area contributed by atoms with Gasteiger partial charge in [0.25, 0.3) is 11.1 Å². The third kappa shape index (κ3) is 3.21. The summed E-state index contributed by atoms with van der Waals surface area (Å²) in [6.07, 6.45) is 1.57. The van der Waals surface area contributed by atoms with Gasteiger partial charge in [0.1, 0.15) is 10.8 Å². The molecule has 0 spiro atoms. The molecule has 2 aromatic heterocycles. The van der Waals surface area contributed by atoms with Gasteiger partial charge in [-0.1, -0.05) is 23.7 Å². The molecule has 0 bridgehead atoms. The minimum Gasteiger partial charge on any atom is -0.366 e. The molecule has 9 heteroatoms. The monoisotopic (exact) mass is 372 g/mol. The smallest absolute Gasteiger partial charge is 0.285 e. The Bertz CT molecular complexity index is 1050. The normalized spacial score (nSPS) is 15.5. The largest absolute Gasteiger partial charge is 0.366 e. The molecule has 1 aliphatic rings. The maximum absolute atomic E-state index is 12.2. The van der Waals surface area contributed by atoms with Gasteiger partial charge in [-0.25, -0.2) is 10.1 Å². The Balaban J connectivity index is 1.47. The lowest BCUT2D eigenvalue weighted by atomic mass is 10.2. The number of hydrogen-bond donors (Lipinski definition) is 2. The highest BCUT2D eigenvalue weighted by Gasteiger charge is 2.21. The number of rotatable bonds is 3. The van der Waals surface area contributed by atoms with Crippen molar-refractivity contribution < 1.29 is 0 Å². The Hall–Kier alpha value is -2.71. The van der Waals surface area contributed by atoms with Crippen LogP contribution in [0.25, 0.3) is 10.9 Å². The Morgan fingerprint density at radius 3 is 2.65 bits per heavy atom. The SMILES string of the molecule is O=c1[nH]ncc(N2CCN(Cc3nc4ccccc4c(=O)[nH]3)CC2)c1Cl. The van der Waals surface area contributed by atoms with E-state index in [0.717, 1.165) is 13.1 Å². The highest BCUT2D eigenvalue weighted by molar-refractivity contribution is 6.33. The van der Waals surface area contributed by atoms with Gasteiger partial charge in [0, 0.05) is 26.2 Å². The molecule has 0 atom stereocenters.